The molecule has 26 heavy (non-hydrogen) atoms. The molecular formula is C19H25FIN3O2. The van der Waals surface area contributed by atoms with Crippen molar-refractivity contribution in [1.29, 1.82) is 0 Å². The largest absolute Gasteiger partial charge is 0.493 e. The first-order valence-electron chi connectivity index (χ1n) is 7.97. The van der Waals surface area contributed by atoms with Crippen molar-refractivity contribution in [2.24, 2.45) is 4.99 Å². The van der Waals surface area contributed by atoms with Crippen LogP contribution in [0.1, 0.15) is 16.7 Å². The van der Waals surface area contributed by atoms with Crippen molar-refractivity contribution >= 4 is 29.9 Å². The average Bonchev–Trinajstić information content (AvgIpc) is 2.64. The summed E-state index contributed by atoms with van der Waals surface area (Å²) in [5.41, 5.74) is 2.67. The van der Waals surface area contributed by atoms with Gasteiger partial charge in [-0.1, -0.05) is 18.2 Å². The second kappa shape index (κ2) is 10.8. The van der Waals surface area contributed by atoms with Crippen molar-refractivity contribution in [3.05, 3.63) is 58.9 Å². The monoisotopic (exact) mass is 473 g/mol. The molecule has 0 aliphatic heterocycles. The van der Waals surface area contributed by atoms with Crippen LogP contribution in [0, 0.1) is 12.7 Å². The fraction of sp³-hybridized carbons (Fsp3) is 0.316. The Bertz CT molecular complexity index is 754. The molecule has 0 amide bonds. The molecule has 7 heteroatoms. The number of halogens is 2. The summed E-state index contributed by atoms with van der Waals surface area (Å²) in [6.07, 6.45) is 0. The number of nitrogens with one attached hydrogen (secondary N) is 2. The van der Waals surface area contributed by atoms with E-state index in [0.717, 1.165) is 11.1 Å². The minimum atomic E-state index is -0.195. The molecular weight excluding hydrogens is 448 g/mol. The number of rotatable bonds is 6. The van der Waals surface area contributed by atoms with E-state index in [1.165, 1.54) is 6.07 Å². The van der Waals surface area contributed by atoms with Crippen LogP contribution in [0.25, 0.3) is 0 Å². The van der Waals surface area contributed by atoms with E-state index >= 15 is 0 Å². The van der Waals surface area contributed by atoms with Gasteiger partial charge in [-0.25, -0.2) is 4.39 Å². The Morgan fingerprint density at radius 1 is 0.962 bits per heavy atom. The van der Waals surface area contributed by atoms with Crippen molar-refractivity contribution in [3.8, 4) is 11.5 Å². The maximum atomic E-state index is 13.3. The molecule has 0 aromatic heterocycles. The van der Waals surface area contributed by atoms with E-state index in [2.05, 4.69) is 15.6 Å². The van der Waals surface area contributed by atoms with Crippen molar-refractivity contribution in [2.45, 2.75) is 20.0 Å². The Morgan fingerprint density at radius 3 is 2.08 bits per heavy atom. The first-order valence-corrected chi connectivity index (χ1v) is 7.97. The van der Waals surface area contributed by atoms with Crippen LogP contribution in [-0.2, 0) is 13.1 Å². The molecule has 0 saturated carbocycles. The normalized spacial score (nSPS) is 10.7. The highest BCUT2D eigenvalue weighted by molar-refractivity contribution is 14.0. The Labute approximate surface area is 171 Å². The van der Waals surface area contributed by atoms with E-state index in [0.29, 0.717) is 36.1 Å². The quantitative estimate of drug-likeness (QED) is 0.382. The summed E-state index contributed by atoms with van der Waals surface area (Å²) in [5, 5.41) is 6.45. The van der Waals surface area contributed by atoms with Gasteiger partial charge in [0.15, 0.2) is 17.5 Å². The standard InChI is InChI=1S/C19H24FN3O2.HI/c1-13-9-14(5-7-16(13)20)11-22-19(21-2)23-12-15-6-8-17(24-3)18(10-15)25-4;/h5-10H,11-12H2,1-4H3,(H2,21,22,23);1H. The Hall–Kier alpha value is -2.03. The van der Waals surface area contributed by atoms with Crippen molar-refractivity contribution in [2.75, 3.05) is 21.3 Å². The molecule has 0 spiro atoms. The number of hydrogen-bond donors (Lipinski definition) is 2. The summed E-state index contributed by atoms with van der Waals surface area (Å²) >= 11 is 0. The molecule has 142 valence electrons. The third-order valence-corrected chi connectivity index (χ3v) is 3.81. The van der Waals surface area contributed by atoms with Gasteiger partial charge in [0.1, 0.15) is 5.82 Å². The molecule has 2 rings (SSSR count). The van der Waals surface area contributed by atoms with E-state index in [9.17, 15) is 4.39 Å². The van der Waals surface area contributed by atoms with Gasteiger partial charge in [-0.3, -0.25) is 4.99 Å². The molecule has 2 N–H and O–H groups in total. The fourth-order valence-electron chi connectivity index (χ4n) is 2.40. The molecule has 0 radical (unpaired) electrons. The summed E-state index contributed by atoms with van der Waals surface area (Å²) in [7, 11) is 4.93. The van der Waals surface area contributed by atoms with E-state index < -0.39 is 0 Å². The van der Waals surface area contributed by atoms with Gasteiger partial charge >= 0.3 is 0 Å². The number of nitrogens with zero attached hydrogens (tertiary/aromatic N) is 1. The third kappa shape index (κ3) is 6.05. The predicted octanol–water partition coefficient (Wildman–Crippen LogP) is 3.63. The number of methoxy groups -OCH3 is 2. The lowest BCUT2D eigenvalue weighted by Crippen LogP contribution is -2.36. The van der Waals surface area contributed by atoms with Crippen molar-refractivity contribution in [3.63, 3.8) is 0 Å². The molecule has 5 nitrogen and oxygen atoms in total. The van der Waals surface area contributed by atoms with E-state index in [4.69, 9.17) is 9.47 Å². The zero-order valence-corrected chi connectivity index (χ0v) is 17.8. The van der Waals surface area contributed by atoms with E-state index in [-0.39, 0.29) is 29.8 Å². The lowest BCUT2D eigenvalue weighted by molar-refractivity contribution is 0.354. The summed E-state index contributed by atoms with van der Waals surface area (Å²) in [4.78, 5) is 4.20. The summed E-state index contributed by atoms with van der Waals surface area (Å²) in [5.74, 6) is 1.85. The maximum absolute atomic E-state index is 13.3. The lowest BCUT2D eigenvalue weighted by atomic mass is 10.1. The predicted molar refractivity (Wildman–Crippen MR) is 113 cm³/mol. The van der Waals surface area contributed by atoms with Gasteiger partial charge in [0.25, 0.3) is 0 Å². The highest BCUT2D eigenvalue weighted by atomic mass is 127. The van der Waals surface area contributed by atoms with Gasteiger partial charge < -0.3 is 20.1 Å². The fourth-order valence-corrected chi connectivity index (χ4v) is 2.40. The lowest BCUT2D eigenvalue weighted by Gasteiger charge is -2.14. The minimum absolute atomic E-state index is 0. The van der Waals surface area contributed by atoms with Gasteiger partial charge in [-0.2, -0.15) is 0 Å². The van der Waals surface area contributed by atoms with Crippen LogP contribution in [0.15, 0.2) is 41.4 Å². The maximum Gasteiger partial charge on any atom is 0.191 e. The van der Waals surface area contributed by atoms with Crippen molar-refractivity contribution < 1.29 is 13.9 Å². The van der Waals surface area contributed by atoms with Gasteiger partial charge in [-0.05, 0) is 41.8 Å². The van der Waals surface area contributed by atoms with Gasteiger partial charge in [0, 0.05) is 20.1 Å². The molecule has 0 unspecified atom stereocenters. The van der Waals surface area contributed by atoms with Crippen LogP contribution < -0.4 is 20.1 Å². The average molecular weight is 473 g/mol. The Balaban J connectivity index is 0.00000338. The highest BCUT2D eigenvalue weighted by Crippen LogP contribution is 2.27. The summed E-state index contributed by atoms with van der Waals surface area (Å²) in [6, 6.07) is 10.8. The second-order valence-electron chi connectivity index (χ2n) is 5.55. The topological polar surface area (TPSA) is 54.9 Å². The number of benzene rings is 2. The first kappa shape index (κ1) is 22.0. The highest BCUT2D eigenvalue weighted by Gasteiger charge is 2.06. The summed E-state index contributed by atoms with van der Waals surface area (Å²) in [6.45, 7) is 2.90. The molecule has 0 saturated heterocycles. The molecule has 0 fully saturated rings. The van der Waals surface area contributed by atoms with Gasteiger partial charge in [0.2, 0.25) is 0 Å². The zero-order chi connectivity index (χ0) is 18.2. The molecule has 0 aliphatic rings. The second-order valence-corrected chi connectivity index (χ2v) is 5.55. The Morgan fingerprint density at radius 2 is 1.54 bits per heavy atom. The van der Waals surface area contributed by atoms with Gasteiger partial charge in [-0.15, -0.1) is 24.0 Å². The van der Waals surface area contributed by atoms with Gasteiger partial charge in [0.05, 0.1) is 14.2 Å². The smallest absolute Gasteiger partial charge is 0.191 e. The number of aliphatic imine (C=N–C) groups is 1. The number of hydrogen-bond acceptors (Lipinski definition) is 3. The SMILES string of the molecule is CN=C(NCc1ccc(F)c(C)c1)NCc1ccc(OC)c(OC)c1.I. The van der Waals surface area contributed by atoms with Crippen LogP contribution in [0.5, 0.6) is 11.5 Å². The van der Waals surface area contributed by atoms with Crippen molar-refractivity contribution in [1.82, 2.24) is 10.6 Å². The molecule has 0 aliphatic carbocycles. The molecule has 0 heterocycles. The molecule has 0 atom stereocenters. The molecule has 2 aromatic carbocycles. The van der Waals surface area contributed by atoms with Crippen LogP contribution >= 0.6 is 24.0 Å². The van der Waals surface area contributed by atoms with Crippen LogP contribution in [0.4, 0.5) is 4.39 Å². The molecule has 2 aromatic rings. The minimum Gasteiger partial charge on any atom is -0.493 e. The van der Waals surface area contributed by atoms with Crippen LogP contribution in [-0.4, -0.2) is 27.2 Å². The van der Waals surface area contributed by atoms with Crippen LogP contribution in [0.2, 0.25) is 0 Å². The molecule has 0 bridgehead atoms. The number of guanidine groups is 1. The Kier molecular flexibility index (Phi) is 9.18. The summed E-state index contributed by atoms with van der Waals surface area (Å²) < 4.78 is 23.9. The first-order chi connectivity index (χ1) is 12.1. The third-order valence-electron chi connectivity index (χ3n) is 3.81. The number of aryl methyl sites for hydroxylation is 1. The van der Waals surface area contributed by atoms with Crippen LogP contribution in [0.3, 0.4) is 0 Å². The van der Waals surface area contributed by atoms with E-state index in [1.54, 1.807) is 34.3 Å². The van der Waals surface area contributed by atoms with E-state index in [1.807, 2.05) is 24.3 Å². The number of ether oxygens (including phenoxy) is 2. The zero-order valence-electron chi connectivity index (χ0n) is 15.4.